The van der Waals surface area contributed by atoms with Crippen LogP contribution in [0, 0.1) is 6.92 Å². The average molecular weight is 447 g/mol. The van der Waals surface area contributed by atoms with Crippen LogP contribution < -0.4 is 4.90 Å². The summed E-state index contributed by atoms with van der Waals surface area (Å²) in [6.07, 6.45) is 5.58. The minimum absolute atomic E-state index is 0.103. The van der Waals surface area contributed by atoms with Crippen LogP contribution in [0.25, 0.3) is 22.9 Å². The van der Waals surface area contributed by atoms with Gasteiger partial charge in [-0.15, -0.1) is 0 Å². The summed E-state index contributed by atoms with van der Waals surface area (Å²) in [7, 11) is -0.286. The van der Waals surface area contributed by atoms with E-state index in [0.717, 1.165) is 33.3 Å². The molecule has 4 rings (SSSR count). The van der Waals surface area contributed by atoms with E-state index in [1.165, 1.54) is 12.1 Å². The van der Waals surface area contributed by atoms with E-state index in [1.807, 2.05) is 105 Å². The molecule has 164 valence electrons. The number of benzene rings is 3. The molecule has 4 aromatic rings. The summed E-state index contributed by atoms with van der Waals surface area (Å²) in [4.78, 5) is 5.90. The molecule has 0 amide bonds. The lowest BCUT2D eigenvalue weighted by molar-refractivity contribution is 0.483. The Morgan fingerprint density at radius 2 is 1.56 bits per heavy atom. The van der Waals surface area contributed by atoms with Gasteiger partial charge in [-0.2, -0.15) is 8.42 Å². The summed E-state index contributed by atoms with van der Waals surface area (Å²) in [5, 5.41) is 1.69. The molecule has 3 aromatic carbocycles. The highest BCUT2D eigenvalue weighted by atomic mass is 32.2. The number of anilines is 1. The summed E-state index contributed by atoms with van der Waals surface area (Å²) < 4.78 is 32.4. The fraction of sp³-hybridized carbons (Fsp3) is 0.115. The molecule has 0 atom stereocenters. The van der Waals surface area contributed by atoms with Gasteiger partial charge in [0.25, 0.3) is 10.1 Å². The Hall–Kier alpha value is -3.48. The minimum Gasteiger partial charge on any atom is -0.378 e. The van der Waals surface area contributed by atoms with Gasteiger partial charge < -0.3 is 4.90 Å². The Balaban J connectivity index is 0.000000352. The van der Waals surface area contributed by atoms with Crippen molar-refractivity contribution in [2.75, 3.05) is 19.0 Å². The third-order valence-electron chi connectivity index (χ3n) is 4.84. The summed E-state index contributed by atoms with van der Waals surface area (Å²) in [5.74, 6) is 0. The first-order valence-corrected chi connectivity index (χ1v) is 11.5. The molecule has 0 saturated carbocycles. The van der Waals surface area contributed by atoms with Crippen LogP contribution in [0.2, 0.25) is 0 Å². The van der Waals surface area contributed by atoms with Crippen LogP contribution in [0.3, 0.4) is 0 Å². The van der Waals surface area contributed by atoms with Crippen molar-refractivity contribution in [2.24, 2.45) is 0 Å². The number of fused-ring (bicyclic) bond motifs is 1. The number of nitrogens with zero attached hydrogens (tertiary/aromatic N) is 2. The lowest BCUT2D eigenvalue weighted by atomic mass is 10.0. The summed E-state index contributed by atoms with van der Waals surface area (Å²) in [6.45, 7) is 1.97. The molecule has 0 spiro atoms. The maximum absolute atomic E-state index is 11.5. The number of hydrogen-bond donors (Lipinski definition) is 1. The van der Waals surface area contributed by atoms with Crippen molar-refractivity contribution < 1.29 is 13.0 Å². The molecule has 5 nitrogen and oxygen atoms in total. The van der Waals surface area contributed by atoms with E-state index in [0.29, 0.717) is 0 Å². The Morgan fingerprint density at radius 1 is 0.875 bits per heavy atom. The highest BCUT2D eigenvalue weighted by molar-refractivity contribution is 7.85. The van der Waals surface area contributed by atoms with Crippen molar-refractivity contribution in [3.8, 4) is 0 Å². The molecule has 1 N–H and O–H groups in total. The van der Waals surface area contributed by atoms with Crippen molar-refractivity contribution in [2.45, 2.75) is 11.8 Å². The minimum atomic E-state index is -4.25. The van der Waals surface area contributed by atoms with Crippen LogP contribution in [-0.4, -0.2) is 32.0 Å². The largest absolute Gasteiger partial charge is 0.378 e. The molecule has 0 bridgehead atoms. The van der Waals surface area contributed by atoms with Crippen LogP contribution in [0.15, 0.2) is 90.0 Å². The Bertz CT molecular complexity index is 1310. The van der Waals surface area contributed by atoms with Crippen LogP contribution in [0.1, 0.15) is 16.8 Å². The molecule has 0 saturated heterocycles. The van der Waals surface area contributed by atoms with Crippen molar-refractivity contribution in [3.05, 3.63) is 102 Å². The topological polar surface area (TPSA) is 70.5 Å². The molecule has 6 heteroatoms. The molecular weight excluding hydrogens is 420 g/mol. The van der Waals surface area contributed by atoms with Crippen LogP contribution in [0.4, 0.5) is 5.69 Å². The molecular formula is C26H26N2O3S. The van der Waals surface area contributed by atoms with Crippen LogP contribution in [0.5, 0.6) is 0 Å². The summed E-state index contributed by atoms with van der Waals surface area (Å²) >= 11 is 0. The van der Waals surface area contributed by atoms with E-state index in [9.17, 15) is 13.0 Å². The highest BCUT2D eigenvalue weighted by Crippen LogP contribution is 2.25. The molecule has 0 unspecified atom stereocenters. The van der Waals surface area contributed by atoms with E-state index in [4.69, 9.17) is 0 Å². The molecule has 32 heavy (non-hydrogen) atoms. The van der Waals surface area contributed by atoms with Crippen molar-refractivity contribution in [3.63, 3.8) is 0 Å². The highest BCUT2D eigenvalue weighted by Gasteiger charge is 2.12. The van der Waals surface area contributed by atoms with Gasteiger partial charge in [0.1, 0.15) is 0 Å². The van der Waals surface area contributed by atoms with Crippen LogP contribution in [-0.2, 0) is 10.1 Å². The zero-order chi connectivity index (χ0) is 23.1. The monoisotopic (exact) mass is 446 g/mol. The lowest BCUT2D eigenvalue weighted by Gasteiger charge is -2.11. The van der Waals surface area contributed by atoms with E-state index in [-0.39, 0.29) is 4.90 Å². The molecule has 0 aliphatic rings. The number of pyridine rings is 1. The molecule has 0 fully saturated rings. The van der Waals surface area contributed by atoms with Gasteiger partial charge in [0, 0.05) is 31.7 Å². The molecule has 0 aliphatic heterocycles. The fourth-order valence-corrected chi connectivity index (χ4v) is 3.67. The van der Waals surface area contributed by atoms with Gasteiger partial charge >= 0.3 is 0 Å². The van der Waals surface area contributed by atoms with Gasteiger partial charge in [-0.05, 0) is 65.2 Å². The predicted octanol–water partition coefficient (Wildman–Crippen LogP) is 5.71. The lowest BCUT2D eigenvalue weighted by Crippen LogP contribution is -2.07. The first-order valence-electron chi connectivity index (χ1n) is 10.1. The van der Waals surface area contributed by atoms with Gasteiger partial charge in [-0.25, -0.2) is 0 Å². The van der Waals surface area contributed by atoms with Gasteiger partial charge in [-0.1, -0.05) is 54.6 Å². The number of hydrogen-bond acceptors (Lipinski definition) is 4. The summed E-state index contributed by atoms with van der Waals surface area (Å²) in [6, 6.07) is 24.4. The van der Waals surface area contributed by atoms with Crippen molar-refractivity contribution in [1.82, 2.24) is 4.98 Å². The second-order valence-electron chi connectivity index (χ2n) is 7.50. The Labute approximate surface area is 189 Å². The van der Waals surface area contributed by atoms with Crippen molar-refractivity contribution >= 4 is 38.7 Å². The maximum Gasteiger partial charge on any atom is 0.294 e. The zero-order valence-corrected chi connectivity index (χ0v) is 19.1. The van der Waals surface area contributed by atoms with Crippen molar-refractivity contribution in [1.29, 1.82) is 0 Å². The first-order chi connectivity index (χ1) is 15.2. The normalized spacial score (nSPS) is 11.2. The second-order valence-corrected chi connectivity index (χ2v) is 8.92. The van der Waals surface area contributed by atoms with Gasteiger partial charge in [0.15, 0.2) is 0 Å². The Kier molecular flexibility index (Phi) is 7.41. The standard InChI is InChI=1S/C20H19NO3S.C6H7N/c1-21(2)18-11-8-15(9-12-18)7-10-17-14-19(25(22,23)24)13-16-5-3-4-6-20(16)17;1-6-4-2-3-5-7-6/h3-14H,1-2H3,(H,22,23,24);2-5H,1H3. The molecule has 1 aromatic heterocycles. The first kappa shape index (κ1) is 23.2. The number of aryl methyl sites for hydroxylation is 1. The predicted molar refractivity (Wildman–Crippen MR) is 132 cm³/mol. The summed E-state index contributed by atoms with van der Waals surface area (Å²) in [5.41, 5.74) is 3.92. The second kappa shape index (κ2) is 10.2. The molecule has 1 heterocycles. The van der Waals surface area contributed by atoms with E-state index in [2.05, 4.69) is 4.98 Å². The van der Waals surface area contributed by atoms with Crippen LogP contribution >= 0.6 is 0 Å². The third kappa shape index (κ3) is 6.26. The Morgan fingerprint density at radius 3 is 2.12 bits per heavy atom. The number of rotatable bonds is 4. The quantitative estimate of drug-likeness (QED) is 0.321. The number of aromatic nitrogens is 1. The van der Waals surface area contributed by atoms with E-state index >= 15 is 0 Å². The fourth-order valence-electron chi connectivity index (χ4n) is 3.12. The third-order valence-corrected chi connectivity index (χ3v) is 5.67. The SMILES string of the molecule is CN(C)c1ccc(C=Cc2cc(S(=O)(=O)O)cc3ccccc23)cc1.Cc1ccccn1. The van der Waals surface area contributed by atoms with Gasteiger partial charge in [0.05, 0.1) is 4.90 Å². The van der Waals surface area contributed by atoms with E-state index in [1.54, 1.807) is 6.20 Å². The smallest absolute Gasteiger partial charge is 0.294 e. The van der Waals surface area contributed by atoms with Gasteiger partial charge in [-0.3, -0.25) is 9.54 Å². The molecule has 0 aliphatic carbocycles. The zero-order valence-electron chi connectivity index (χ0n) is 18.3. The van der Waals surface area contributed by atoms with E-state index < -0.39 is 10.1 Å². The maximum atomic E-state index is 11.5. The molecule has 0 radical (unpaired) electrons. The average Bonchev–Trinajstić information content (AvgIpc) is 2.78. The van der Waals surface area contributed by atoms with Gasteiger partial charge in [0.2, 0.25) is 0 Å².